The topological polar surface area (TPSA) is 86.7 Å². The van der Waals surface area contributed by atoms with Gasteiger partial charge in [-0.2, -0.15) is 16.8 Å². The zero-order valence-electron chi connectivity index (χ0n) is 15.6. The Morgan fingerprint density at radius 1 is 0.679 bits per heavy atom. The summed E-state index contributed by atoms with van der Waals surface area (Å²) in [5.74, 6) is 0. The van der Waals surface area contributed by atoms with Gasteiger partial charge < -0.3 is 0 Å². The summed E-state index contributed by atoms with van der Waals surface area (Å²) in [4.78, 5) is -0.506. The Hall–Kier alpha value is -1.16. The summed E-state index contributed by atoms with van der Waals surface area (Å²) in [6.45, 7) is 6.26. The molecule has 0 radical (unpaired) electrons. The molecule has 0 bridgehead atoms. The molecule has 2 aromatic rings. The van der Waals surface area contributed by atoms with Crippen molar-refractivity contribution in [1.82, 2.24) is 0 Å². The molecule has 0 N–H and O–H groups in total. The van der Waals surface area contributed by atoms with E-state index in [4.69, 9.17) is 31.6 Å². The van der Waals surface area contributed by atoms with Gasteiger partial charge in [-0.25, -0.2) is 0 Å². The number of hydrogen-bond donors (Lipinski definition) is 0. The van der Waals surface area contributed by atoms with Gasteiger partial charge in [-0.1, -0.05) is 35.3 Å². The molecule has 0 aromatic heterocycles. The van der Waals surface area contributed by atoms with Crippen molar-refractivity contribution < 1.29 is 25.2 Å². The van der Waals surface area contributed by atoms with E-state index in [0.29, 0.717) is 0 Å². The van der Waals surface area contributed by atoms with E-state index in [0.717, 1.165) is 0 Å². The van der Waals surface area contributed by atoms with Crippen molar-refractivity contribution in [2.45, 2.75) is 49.7 Å². The molecular formula is C18H20Cl2O6S2. The Morgan fingerprint density at radius 3 is 1.29 bits per heavy atom. The van der Waals surface area contributed by atoms with Crippen LogP contribution in [0.4, 0.5) is 0 Å². The summed E-state index contributed by atoms with van der Waals surface area (Å²) in [6, 6.07) is 8.16. The Balaban J connectivity index is 2.81. The first kappa shape index (κ1) is 23.1. The number of hydrogen-bond acceptors (Lipinski definition) is 6. The lowest BCUT2D eigenvalue weighted by atomic mass is 10.1. The van der Waals surface area contributed by atoms with Crippen molar-refractivity contribution in [3.8, 4) is 11.1 Å². The normalized spacial score (nSPS) is 12.7. The average molecular weight is 467 g/mol. The van der Waals surface area contributed by atoms with Crippen LogP contribution in [0.15, 0.2) is 46.2 Å². The van der Waals surface area contributed by atoms with Crippen molar-refractivity contribution in [2.75, 3.05) is 0 Å². The van der Waals surface area contributed by atoms with E-state index in [1.165, 1.54) is 36.4 Å². The lowest BCUT2D eigenvalue weighted by Gasteiger charge is -2.17. The molecule has 2 aromatic carbocycles. The fraction of sp³-hybridized carbons (Fsp3) is 0.333. The van der Waals surface area contributed by atoms with E-state index in [1.807, 2.05) is 0 Å². The SMILES string of the molecule is CC(C)OS(=O)(=O)c1cc(Cl)ccc1-c1ccc(Cl)cc1S(=O)(=O)OC(C)C. The number of benzene rings is 2. The highest BCUT2D eigenvalue weighted by Crippen LogP contribution is 2.37. The summed E-state index contributed by atoms with van der Waals surface area (Å²) in [5.41, 5.74) is 0.209. The predicted octanol–water partition coefficient (Wildman–Crippen LogP) is 4.89. The van der Waals surface area contributed by atoms with Crippen molar-refractivity contribution in [2.24, 2.45) is 0 Å². The monoisotopic (exact) mass is 466 g/mol. The second-order valence-corrected chi connectivity index (χ2v) is 10.4. The molecule has 28 heavy (non-hydrogen) atoms. The van der Waals surface area contributed by atoms with Crippen LogP contribution in [0.5, 0.6) is 0 Å². The summed E-state index contributed by atoms with van der Waals surface area (Å²) in [5, 5.41) is 0.318. The lowest BCUT2D eigenvalue weighted by molar-refractivity contribution is 0.247. The maximum Gasteiger partial charge on any atom is 0.297 e. The van der Waals surface area contributed by atoms with Gasteiger partial charge in [0.15, 0.2) is 0 Å². The molecule has 0 fully saturated rings. The van der Waals surface area contributed by atoms with Gasteiger partial charge in [0.2, 0.25) is 0 Å². The van der Waals surface area contributed by atoms with Crippen LogP contribution < -0.4 is 0 Å². The zero-order chi connectivity index (χ0) is 21.3. The van der Waals surface area contributed by atoms with Gasteiger partial charge in [0.05, 0.1) is 12.2 Å². The highest BCUT2D eigenvalue weighted by molar-refractivity contribution is 7.87. The average Bonchev–Trinajstić information content (AvgIpc) is 2.52. The highest BCUT2D eigenvalue weighted by Gasteiger charge is 2.28. The molecular weight excluding hydrogens is 447 g/mol. The summed E-state index contributed by atoms with van der Waals surface area (Å²) < 4.78 is 61.0. The molecule has 2 rings (SSSR count). The zero-order valence-corrected chi connectivity index (χ0v) is 18.8. The van der Waals surface area contributed by atoms with Gasteiger partial charge >= 0.3 is 0 Å². The Labute approximate surface area is 175 Å². The number of halogens is 2. The first-order chi connectivity index (χ1) is 12.8. The van der Waals surface area contributed by atoms with E-state index < -0.39 is 32.4 Å². The molecule has 0 amide bonds. The standard InChI is InChI=1S/C18H20Cl2O6S2/c1-11(2)25-27(21,22)17-9-13(19)5-7-15(17)16-8-6-14(20)10-18(16)28(23,24)26-12(3)4/h5-12H,1-4H3. The minimum absolute atomic E-state index is 0.104. The van der Waals surface area contributed by atoms with E-state index in [2.05, 4.69) is 0 Å². The van der Waals surface area contributed by atoms with Crippen LogP contribution in [0.1, 0.15) is 27.7 Å². The maximum absolute atomic E-state index is 12.7. The van der Waals surface area contributed by atoms with Gasteiger partial charge in [0.1, 0.15) is 9.79 Å². The van der Waals surface area contributed by atoms with E-state index in [1.54, 1.807) is 27.7 Å². The molecule has 0 saturated heterocycles. The maximum atomic E-state index is 12.7. The van der Waals surface area contributed by atoms with Gasteiger partial charge in [0, 0.05) is 21.2 Å². The molecule has 0 aliphatic rings. The number of rotatable bonds is 7. The molecule has 6 nitrogen and oxygen atoms in total. The van der Waals surface area contributed by atoms with Crippen molar-refractivity contribution in [1.29, 1.82) is 0 Å². The third-order valence-electron chi connectivity index (χ3n) is 3.35. The largest absolute Gasteiger partial charge is 0.297 e. The molecule has 0 heterocycles. The summed E-state index contributed by atoms with van der Waals surface area (Å²) in [7, 11) is -8.42. The molecule has 0 aliphatic heterocycles. The molecule has 0 atom stereocenters. The van der Waals surface area contributed by atoms with Crippen LogP contribution in [-0.2, 0) is 28.6 Å². The van der Waals surface area contributed by atoms with Crippen molar-refractivity contribution >= 4 is 43.4 Å². The molecule has 0 aliphatic carbocycles. The third kappa shape index (κ3) is 5.46. The smallest absolute Gasteiger partial charge is 0.264 e. The second-order valence-electron chi connectivity index (χ2n) is 6.48. The van der Waals surface area contributed by atoms with Crippen LogP contribution >= 0.6 is 23.2 Å². The first-order valence-electron chi connectivity index (χ1n) is 8.29. The van der Waals surface area contributed by atoms with E-state index in [-0.39, 0.29) is 31.0 Å². The van der Waals surface area contributed by atoms with E-state index >= 15 is 0 Å². The van der Waals surface area contributed by atoms with Gasteiger partial charge in [-0.05, 0) is 52.0 Å². The summed E-state index contributed by atoms with van der Waals surface area (Å²) >= 11 is 12.0. The van der Waals surface area contributed by atoms with Crippen LogP contribution in [-0.4, -0.2) is 29.0 Å². The Bertz CT molecular complexity index is 990. The van der Waals surface area contributed by atoms with Crippen LogP contribution in [0.2, 0.25) is 10.0 Å². The fourth-order valence-corrected chi connectivity index (χ4v) is 5.59. The van der Waals surface area contributed by atoms with E-state index in [9.17, 15) is 16.8 Å². The minimum atomic E-state index is -4.21. The second kappa shape index (κ2) is 8.69. The third-order valence-corrected chi connectivity index (χ3v) is 6.85. The van der Waals surface area contributed by atoms with Crippen LogP contribution in [0.3, 0.4) is 0 Å². The quantitative estimate of drug-likeness (QED) is 0.539. The Kier molecular flexibility index (Phi) is 7.17. The molecule has 0 saturated carbocycles. The van der Waals surface area contributed by atoms with Gasteiger partial charge in [0.25, 0.3) is 20.2 Å². The highest BCUT2D eigenvalue weighted by atomic mass is 35.5. The summed E-state index contributed by atoms with van der Waals surface area (Å²) in [6.07, 6.45) is -1.23. The fourth-order valence-electron chi connectivity index (χ4n) is 2.46. The molecule has 0 unspecified atom stereocenters. The minimum Gasteiger partial charge on any atom is -0.264 e. The van der Waals surface area contributed by atoms with Crippen molar-refractivity contribution in [3.63, 3.8) is 0 Å². The van der Waals surface area contributed by atoms with Crippen LogP contribution in [0.25, 0.3) is 11.1 Å². The predicted molar refractivity (Wildman–Crippen MR) is 109 cm³/mol. The van der Waals surface area contributed by atoms with Gasteiger partial charge in [-0.15, -0.1) is 0 Å². The molecule has 10 heteroatoms. The van der Waals surface area contributed by atoms with Crippen LogP contribution in [0, 0.1) is 0 Å². The lowest BCUT2D eigenvalue weighted by Crippen LogP contribution is -2.15. The van der Waals surface area contributed by atoms with Crippen molar-refractivity contribution in [3.05, 3.63) is 46.4 Å². The molecule has 0 spiro atoms. The Morgan fingerprint density at radius 2 is 1.00 bits per heavy atom. The first-order valence-corrected chi connectivity index (χ1v) is 11.9. The van der Waals surface area contributed by atoms with Gasteiger partial charge in [-0.3, -0.25) is 8.37 Å². The molecule has 154 valence electrons.